The highest BCUT2D eigenvalue weighted by atomic mass is 16.5. The number of rotatable bonds is 5. The molecule has 2 N–H and O–H groups in total. The molecule has 6 nitrogen and oxygen atoms in total. The number of methoxy groups -OCH3 is 1. The molecule has 0 radical (unpaired) electrons. The second-order valence-corrected chi connectivity index (χ2v) is 7.86. The van der Waals surface area contributed by atoms with Crippen LogP contribution in [0.5, 0.6) is 5.75 Å². The number of anilines is 1. The summed E-state index contributed by atoms with van der Waals surface area (Å²) in [5, 5.41) is 6.59. The van der Waals surface area contributed by atoms with E-state index in [0.717, 1.165) is 69.8 Å². The average molecular weight is 375 g/mol. The molecule has 27 heavy (non-hydrogen) atoms. The van der Waals surface area contributed by atoms with Crippen molar-refractivity contribution in [1.82, 2.24) is 15.1 Å². The fourth-order valence-corrected chi connectivity index (χ4v) is 4.53. The molecule has 150 valence electrons. The molecule has 0 saturated carbocycles. The predicted molar refractivity (Wildman–Crippen MR) is 109 cm³/mol. The van der Waals surface area contributed by atoms with E-state index in [1.807, 2.05) is 24.3 Å². The molecule has 1 aromatic rings. The Bertz CT molecular complexity index is 613. The number of amides is 1. The Morgan fingerprint density at radius 3 is 2.59 bits per heavy atom. The van der Waals surface area contributed by atoms with E-state index < -0.39 is 0 Å². The highest BCUT2D eigenvalue weighted by Gasteiger charge is 2.41. The van der Waals surface area contributed by atoms with Crippen molar-refractivity contribution in [3.8, 4) is 5.75 Å². The third-order valence-corrected chi connectivity index (χ3v) is 6.27. The number of benzene rings is 1. The minimum atomic E-state index is -0.0923. The number of likely N-dealkylation sites (N-methyl/N-ethyl adjacent to an activating group) is 1. The van der Waals surface area contributed by atoms with Crippen LogP contribution < -0.4 is 15.4 Å². The zero-order valence-corrected chi connectivity index (χ0v) is 17.0. The van der Waals surface area contributed by atoms with Gasteiger partial charge < -0.3 is 15.4 Å². The summed E-state index contributed by atoms with van der Waals surface area (Å²) < 4.78 is 5.19. The first-order valence-electron chi connectivity index (χ1n) is 10.2. The largest absolute Gasteiger partial charge is 0.497 e. The molecule has 2 fully saturated rings. The van der Waals surface area contributed by atoms with Crippen LogP contribution in [0.3, 0.4) is 0 Å². The van der Waals surface area contributed by atoms with E-state index in [1.165, 1.54) is 0 Å². The molecule has 0 aliphatic carbocycles. The Kier molecular flexibility index (Phi) is 6.73. The van der Waals surface area contributed by atoms with Crippen LogP contribution in [0.4, 0.5) is 5.69 Å². The first kappa shape index (κ1) is 20.1. The quantitative estimate of drug-likeness (QED) is 0.827. The zero-order valence-electron chi connectivity index (χ0n) is 17.0. The molecule has 0 aromatic heterocycles. The molecule has 2 aliphatic rings. The van der Waals surface area contributed by atoms with Crippen LogP contribution in [0, 0.1) is 0 Å². The summed E-state index contributed by atoms with van der Waals surface area (Å²) in [5.41, 5.74) is 1.01. The molecule has 1 atom stereocenters. The summed E-state index contributed by atoms with van der Waals surface area (Å²) in [7, 11) is 3.90. The lowest BCUT2D eigenvalue weighted by Crippen LogP contribution is -2.59. The Morgan fingerprint density at radius 1 is 1.26 bits per heavy atom. The van der Waals surface area contributed by atoms with E-state index >= 15 is 0 Å². The molecule has 1 spiro atoms. The van der Waals surface area contributed by atoms with Gasteiger partial charge in [-0.1, -0.05) is 6.92 Å². The normalized spacial score (nSPS) is 22.2. The van der Waals surface area contributed by atoms with Crippen LogP contribution in [0.2, 0.25) is 0 Å². The minimum absolute atomic E-state index is 0.0923. The van der Waals surface area contributed by atoms with Gasteiger partial charge in [0.05, 0.1) is 13.2 Å². The van der Waals surface area contributed by atoms with Crippen molar-refractivity contribution < 1.29 is 9.53 Å². The second-order valence-electron chi connectivity index (χ2n) is 7.86. The lowest BCUT2D eigenvalue weighted by Gasteiger charge is -2.46. The van der Waals surface area contributed by atoms with E-state index in [0.29, 0.717) is 0 Å². The number of nitrogens with one attached hydrogen (secondary N) is 2. The highest BCUT2D eigenvalue weighted by Crippen LogP contribution is 2.30. The van der Waals surface area contributed by atoms with Crippen molar-refractivity contribution in [2.75, 3.05) is 52.2 Å². The number of carbonyl (C=O) groups is 1. The van der Waals surface area contributed by atoms with Crippen LogP contribution in [0.1, 0.15) is 32.6 Å². The smallest absolute Gasteiger partial charge is 0.241 e. The van der Waals surface area contributed by atoms with Crippen LogP contribution in [-0.4, -0.2) is 74.2 Å². The van der Waals surface area contributed by atoms with Crippen molar-refractivity contribution in [3.63, 3.8) is 0 Å². The molecule has 0 bridgehead atoms. The molecule has 3 rings (SSSR count). The highest BCUT2D eigenvalue weighted by molar-refractivity contribution is 5.94. The Balaban J connectivity index is 1.71. The zero-order chi connectivity index (χ0) is 19.3. The number of nitrogens with zero attached hydrogens (tertiary/aromatic N) is 2. The number of hydrogen-bond donors (Lipinski definition) is 2. The summed E-state index contributed by atoms with van der Waals surface area (Å²) in [6.07, 6.45) is 4.23. The van der Waals surface area contributed by atoms with E-state index in [9.17, 15) is 4.79 Å². The maximum absolute atomic E-state index is 13.1. The third-order valence-electron chi connectivity index (χ3n) is 6.27. The van der Waals surface area contributed by atoms with Gasteiger partial charge in [-0.15, -0.1) is 0 Å². The summed E-state index contributed by atoms with van der Waals surface area (Å²) >= 11 is 0. The minimum Gasteiger partial charge on any atom is -0.497 e. The number of hydrogen-bond acceptors (Lipinski definition) is 5. The van der Waals surface area contributed by atoms with Gasteiger partial charge in [0, 0.05) is 24.3 Å². The summed E-state index contributed by atoms with van der Waals surface area (Å²) in [4.78, 5) is 18.0. The van der Waals surface area contributed by atoms with Crippen LogP contribution >= 0.6 is 0 Å². The van der Waals surface area contributed by atoms with Gasteiger partial charge in [0.15, 0.2) is 0 Å². The van der Waals surface area contributed by atoms with Gasteiger partial charge in [0.25, 0.3) is 0 Å². The topological polar surface area (TPSA) is 56.8 Å². The van der Waals surface area contributed by atoms with Crippen molar-refractivity contribution >= 4 is 11.6 Å². The number of piperidine rings is 1. The van der Waals surface area contributed by atoms with Crippen molar-refractivity contribution in [1.29, 1.82) is 0 Å². The van der Waals surface area contributed by atoms with E-state index in [2.05, 4.69) is 34.4 Å². The molecule has 1 amide bonds. The maximum atomic E-state index is 13.1. The van der Waals surface area contributed by atoms with Gasteiger partial charge in [0.2, 0.25) is 5.91 Å². The van der Waals surface area contributed by atoms with Crippen LogP contribution in [-0.2, 0) is 4.79 Å². The van der Waals surface area contributed by atoms with Gasteiger partial charge in [-0.25, -0.2) is 0 Å². The molecule has 0 unspecified atom stereocenters. The third kappa shape index (κ3) is 4.62. The fraction of sp³-hybridized carbons (Fsp3) is 0.667. The van der Waals surface area contributed by atoms with Gasteiger partial charge in [-0.3, -0.25) is 14.6 Å². The summed E-state index contributed by atoms with van der Waals surface area (Å²) in [5.74, 6) is 0.889. The van der Waals surface area contributed by atoms with Gasteiger partial charge in [-0.05, 0) is 76.6 Å². The maximum Gasteiger partial charge on any atom is 0.241 e. The van der Waals surface area contributed by atoms with Gasteiger partial charge >= 0.3 is 0 Å². The summed E-state index contributed by atoms with van der Waals surface area (Å²) in [6, 6.07) is 7.45. The second kappa shape index (κ2) is 9.04. The SMILES string of the molecule is CC[C@@H](C(=O)Nc1ccc(OC)cc1)N1CCCN(C)C2(CCNCC2)C1. The molecule has 6 heteroatoms. The lowest BCUT2D eigenvalue weighted by molar-refractivity contribution is -0.122. The standard InChI is InChI=1S/C21H34N4O2/c1-4-19(20(26)23-17-6-8-18(27-3)9-7-17)25-15-5-14-24(2)21(16-25)10-12-22-13-11-21/h6-9,19,22H,4-5,10-16H2,1-3H3,(H,23,26)/t19-/m0/s1. The van der Waals surface area contributed by atoms with Crippen LogP contribution in [0.15, 0.2) is 24.3 Å². The molecule has 2 heterocycles. The van der Waals surface area contributed by atoms with Gasteiger partial charge in [-0.2, -0.15) is 0 Å². The lowest BCUT2D eigenvalue weighted by atomic mass is 9.86. The Labute approximate surface area is 163 Å². The molecule has 2 aliphatic heterocycles. The molecule has 2 saturated heterocycles. The van der Waals surface area contributed by atoms with Crippen molar-refractivity contribution in [2.24, 2.45) is 0 Å². The average Bonchev–Trinajstić information content (AvgIpc) is 2.83. The molecular weight excluding hydrogens is 340 g/mol. The van der Waals surface area contributed by atoms with E-state index in [-0.39, 0.29) is 17.5 Å². The van der Waals surface area contributed by atoms with E-state index in [4.69, 9.17) is 4.74 Å². The number of ether oxygens (including phenoxy) is 1. The summed E-state index contributed by atoms with van der Waals surface area (Å²) in [6.45, 7) is 7.29. The van der Waals surface area contributed by atoms with Crippen molar-refractivity contribution in [3.05, 3.63) is 24.3 Å². The van der Waals surface area contributed by atoms with Gasteiger partial charge in [0.1, 0.15) is 5.75 Å². The Hall–Kier alpha value is -1.63. The monoisotopic (exact) mass is 374 g/mol. The van der Waals surface area contributed by atoms with Crippen LogP contribution in [0.25, 0.3) is 0 Å². The Morgan fingerprint density at radius 2 is 1.96 bits per heavy atom. The van der Waals surface area contributed by atoms with Crippen molar-refractivity contribution in [2.45, 2.75) is 44.2 Å². The fourth-order valence-electron chi connectivity index (χ4n) is 4.53. The first-order chi connectivity index (χ1) is 13.1. The van der Waals surface area contributed by atoms with E-state index in [1.54, 1.807) is 7.11 Å². The predicted octanol–water partition coefficient (Wildman–Crippen LogP) is 2.17. The number of carbonyl (C=O) groups excluding carboxylic acids is 1. The molecular formula is C21H34N4O2. The molecule has 1 aromatic carbocycles. The first-order valence-corrected chi connectivity index (χ1v) is 10.2.